The van der Waals surface area contributed by atoms with Gasteiger partial charge in [-0.05, 0) is 12.1 Å². The molecule has 0 bridgehead atoms. The molecule has 0 aromatic carbocycles. The molecule has 2 aromatic rings. The molecule has 1 aliphatic heterocycles. The number of carbonyl (C=O) groups excluding carboxylic acids is 1. The maximum Gasteiger partial charge on any atom is 0.232 e. The third-order valence-electron chi connectivity index (χ3n) is 3.60. The number of furan rings is 1. The lowest BCUT2D eigenvalue weighted by atomic mass is 9.96. The van der Waals surface area contributed by atoms with Gasteiger partial charge in [-0.25, -0.2) is 0 Å². The fourth-order valence-corrected chi connectivity index (χ4v) is 2.39. The molecular weight excluding hydrogens is 270 g/mol. The third kappa shape index (κ3) is 2.84. The highest BCUT2D eigenvalue weighted by Gasteiger charge is 2.35. The minimum atomic E-state index is -0.155. The highest BCUT2D eigenvalue weighted by Crippen LogP contribution is 2.29. The summed E-state index contributed by atoms with van der Waals surface area (Å²) in [6.07, 6.45) is 2.02. The number of nitrogens with zero attached hydrogens (tertiary/aromatic N) is 3. The van der Waals surface area contributed by atoms with Crippen molar-refractivity contribution in [2.45, 2.75) is 45.1 Å². The Bertz CT molecular complexity index is 625. The number of hydrogen-bond donors (Lipinski definition) is 0. The molecule has 0 aliphatic carbocycles. The van der Waals surface area contributed by atoms with Gasteiger partial charge >= 0.3 is 0 Å². The van der Waals surface area contributed by atoms with Crippen molar-refractivity contribution in [3.8, 4) is 0 Å². The molecule has 1 saturated heterocycles. The van der Waals surface area contributed by atoms with Gasteiger partial charge in [0.2, 0.25) is 11.8 Å². The lowest BCUT2D eigenvalue weighted by molar-refractivity contribution is -0.128. The molecule has 1 fully saturated rings. The van der Waals surface area contributed by atoms with Gasteiger partial charge in [0, 0.05) is 18.4 Å². The van der Waals surface area contributed by atoms with Gasteiger partial charge in [-0.1, -0.05) is 25.9 Å². The molecule has 0 N–H and O–H groups in total. The fraction of sp³-hybridized carbons (Fsp3) is 0.533. The van der Waals surface area contributed by atoms with Crippen molar-refractivity contribution in [2.24, 2.45) is 0 Å². The number of hydrogen-bond acceptors (Lipinski definition) is 5. The van der Waals surface area contributed by atoms with Crippen molar-refractivity contribution in [3.05, 3.63) is 35.9 Å². The minimum Gasteiger partial charge on any atom is -0.467 e. The van der Waals surface area contributed by atoms with E-state index in [0.29, 0.717) is 31.2 Å². The lowest BCUT2D eigenvalue weighted by Crippen LogP contribution is -2.24. The Morgan fingerprint density at radius 3 is 2.86 bits per heavy atom. The molecule has 0 unspecified atom stereocenters. The van der Waals surface area contributed by atoms with Gasteiger partial charge in [0.15, 0.2) is 5.82 Å². The van der Waals surface area contributed by atoms with Gasteiger partial charge in [-0.15, -0.1) is 0 Å². The number of rotatable bonds is 3. The van der Waals surface area contributed by atoms with Crippen LogP contribution in [0.1, 0.15) is 50.6 Å². The SMILES string of the molecule is CC(C)(C)c1noc([C@H]2CC(=O)N(Cc3ccco3)C2)n1. The molecule has 1 atom stereocenters. The maximum absolute atomic E-state index is 12.1. The number of likely N-dealkylation sites (tertiary alicyclic amines) is 1. The second-order valence-corrected chi connectivity index (χ2v) is 6.46. The first-order chi connectivity index (χ1) is 9.93. The summed E-state index contributed by atoms with van der Waals surface area (Å²) < 4.78 is 10.6. The lowest BCUT2D eigenvalue weighted by Gasteiger charge is -2.14. The summed E-state index contributed by atoms with van der Waals surface area (Å²) in [6.45, 7) is 7.17. The predicted octanol–water partition coefficient (Wildman–Crippen LogP) is 2.48. The van der Waals surface area contributed by atoms with E-state index >= 15 is 0 Å². The Kier molecular flexibility index (Phi) is 3.31. The van der Waals surface area contributed by atoms with Crippen LogP contribution in [0.4, 0.5) is 0 Å². The fourth-order valence-electron chi connectivity index (χ4n) is 2.39. The van der Waals surface area contributed by atoms with Gasteiger partial charge in [-0.3, -0.25) is 4.79 Å². The van der Waals surface area contributed by atoms with E-state index in [1.54, 1.807) is 11.2 Å². The molecule has 3 heterocycles. The molecule has 112 valence electrons. The average Bonchev–Trinajstić information content (AvgIpc) is 3.11. The Morgan fingerprint density at radius 2 is 2.24 bits per heavy atom. The first kappa shape index (κ1) is 13.9. The Morgan fingerprint density at radius 1 is 1.43 bits per heavy atom. The Balaban J connectivity index is 1.71. The largest absolute Gasteiger partial charge is 0.467 e. The second-order valence-electron chi connectivity index (χ2n) is 6.46. The molecule has 6 heteroatoms. The summed E-state index contributed by atoms with van der Waals surface area (Å²) in [7, 11) is 0. The van der Waals surface area contributed by atoms with Crippen molar-refractivity contribution in [1.82, 2.24) is 15.0 Å². The van der Waals surface area contributed by atoms with E-state index in [-0.39, 0.29) is 17.2 Å². The summed E-state index contributed by atoms with van der Waals surface area (Å²) in [5.41, 5.74) is -0.155. The van der Waals surface area contributed by atoms with Gasteiger partial charge in [0.05, 0.1) is 18.7 Å². The highest BCUT2D eigenvalue weighted by atomic mass is 16.5. The standard InChI is InChI=1S/C15H19N3O3/c1-15(2,3)14-16-13(21-17-14)10-7-12(19)18(8-10)9-11-5-4-6-20-11/h4-6,10H,7-9H2,1-3H3/t10-/m0/s1. The molecular formula is C15H19N3O3. The van der Waals surface area contributed by atoms with Crippen LogP contribution in [-0.4, -0.2) is 27.5 Å². The van der Waals surface area contributed by atoms with Crippen LogP contribution < -0.4 is 0 Å². The molecule has 3 rings (SSSR count). The molecule has 0 spiro atoms. The molecule has 0 radical (unpaired) electrons. The van der Waals surface area contributed by atoms with E-state index in [9.17, 15) is 4.79 Å². The summed E-state index contributed by atoms with van der Waals surface area (Å²) in [6, 6.07) is 3.69. The zero-order valence-corrected chi connectivity index (χ0v) is 12.5. The smallest absolute Gasteiger partial charge is 0.232 e. The molecule has 0 saturated carbocycles. The molecule has 6 nitrogen and oxygen atoms in total. The van der Waals surface area contributed by atoms with Crippen LogP contribution in [-0.2, 0) is 16.8 Å². The third-order valence-corrected chi connectivity index (χ3v) is 3.60. The summed E-state index contributed by atoms with van der Waals surface area (Å²) >= 11 is 0. The van der Waals surface area contributed by atoms with Gasteiger partial charge < -0.3 is 13.8 Å². The normalized spacial score (nSPS) is 19.5. The van der Waals surface area contributed by atoms with Crippen LogP contribution in [0.5, 0.6) is 0 Å². The predicted molar refractivity (Wildman–Crippen MR) is 74.5 cm³/mol. The van der Waals surface area contributed by atoms with E-state index in [0.717, 1.165) is 5.76 Å². The quantitative estimate of drug-likeness (QED) is 0.868. The van der Waals surface area contributed by atoms with Crippen molar-refractivity contribution in [2.75, 3.05) is 6.54 Å². The monoisotopic (exact) mass is 289 g/mol. The van der Waals surface area contributed by atoms with E-state index in [1.165, 1.54) is 0 Å². The van der Waals surface area contributed by atoms with Crippen LogP contribution in [0, 0.1) is 0 Å². The summed E-state index contributed by atoms with van der Waals surface area (Å²) in [4.78, 5) is 18.3. The first-order valence-corrected chi connectivity index (χ1v) is 7.08. The van der Waals surface area contributed by atoms with E-state index < -0.39 is 0 Å². The minimum absolute atomic E-state index is 0.0314. The first-order valence-electron chi connectivity index (χ1n) is 7.08. The van der Waals surface area contributed by atoms with E-state index in [1.807, 2.05) is 32.9 Å². The topological polar surface area (TPSA) is 72.4 Å². The van der Waals surface area contributed by atoms with Crippen LogP contribution in [0.3, 0.4) is 0 Å². The number of amides is 1. The number of carbonyl (C=O) groups is 1. The number of aromatic nitrogens is 2. The summed E-state index contributed by atoms with van der Waals surface area (Å²) in [5.74, 6) is 2.07. The molecule has 1 aliphatic rings. The van der Waals surface area contributed by atoms with Crippen LogP contribution in [0.25, 0.3) is 0 Å². The summed E-state index contributed by atoms with van der Waals surface area (Å²) in [5, 5.41) is 4.02. The zero-order chi connectivity index (χ0) is 15.0. The van der Waals surface area contributed by atoms with Gasteiger partial charge in [-0.2, -0.15) is 4.98 Å². The van der Waals surface area contributed by atoms with Crippen molar-refractivity contribution < 1.29 is 13.7 Å². The van der Waals surface area contributed by atoms with Crippen LogP contribution in [0.2, 0.25) is 0 Å². The molecule has 21 heavy (non-hydrogen) atoms. The highest BCUT2D eigenvalue weighted by molar-refractivity contribution is 5.79. The Hall–Kier alpha value is -2.11. The van der Waals surface area contributed by atoms with Crippen molar-refractivity contribution in [3.63, 3.8) is 0 Å². The van der Waals surface area contributed by atoms with Crippen LogP contribution in [0.15, 0.2) is 27.3 Å². The van der Waals surface area contributed by atoms with Gasteiger partial charge in [0.1, 0.15) is 5.76 Å². The van der Waals surface area contributed by atoms with Crippen molar-refractivity contribution in [1.29, 1.82) is 0 Å². The maximum atomic E-state index is 12.1. The molecule has 2 aromatic heterocycles. The van der Waals surface area contributed by atoms with Gasteiger partial charge in [0.25, 0.3) is 0 Å². The Labute approximate surface area is 123 Å². The second kappa shape index (κ2) is 5.02. The zero-order valence-electron chi connectivity index (χ0n) is 12.5. The van der Waals surface area contributed by atoms with Crippen LogP contribution >= 0.6 is 0 Å². The van der Waals surface area contributed by atoms with E-state index in [2.05, 4.69) is 10.1 Å². The average molecular weight is 289 g/mol. The van der Waals surface area contributed by atoms with Crippen molar-refractivity contribution >= 4 is 5.91 Å². The molecule has 1 amide bonds. The van der Waals surface area contributed by atoms with E-state index in [4.69, 9.17) is 8.94 Å².